The molecule has 1 aromatic rings. The van der Waals surface area contributed by atoms with E-state index in [1.54, 1.807) is 0 Å². The number of anilines is 1. The van der Waals surface area contributed by atoms with Crippen LogP contribution in [0.5, 0.6) is 0 Å². The Morgan fingerprint density at radius 1 is 1.32 bits per heavy atom. The second kappa shape index (κ2) is 5.53. The maximum atomic E-state index is 12.6. The van der Waals surface area contributed by atoms with E-state index in [0.29, 0.717) is 5.92 Å². The third-order valence-electron chi connectivity index (χ3n) is 3.43. The summed E-state index contributed by atoms with van der Waals surface area (Å²) >= 11 is 5.61. The van der Waals surface area contributed by atoms with E-state index in [2.05, 4.69) is 15.3 Å². The highest BCUT2D eigenvalue weighted by molar-refractivity contribution is 6.29. The number of nitrogens with one attached hydrogen (secondary N) is 1. The zero-order chi connectivity index (χ0) is 14.0. The molecule has 1 aliphatic rings. The molecule has 1 saturated carbocycles. The number of rotatable bonds is 3. The van der Waals surface area contributed by atoms with Gasteiger partial charge in [0.1, 0.15) is 11.0 Å². The molecule has 0 radical (unpaired) electrons. The summed E-state index contributed by atoms with van der Waals surface area (Å²) in [5.74, 6) is -0.601. The van der Waals surface area contributed by atoms with Crippen molar-refractivity contribution in [3.63, 3.8) is 0 Å². The van der Waals surface area contributed by atoms with Crippen molar-refractivity contribution in [1.29, 1.82) is 0 Å². The molecular weight excluding hydrogens is 279 g/mol. The summed E-state index contributed by atoms with van der Waals surface area (Å²) in [7, 11) is 0. The highest BCUT2D eigenvalue weighted by Crippen LogP contribution is 2.31. The number of hydrogen-bond donors (Lipinski definition) is 1. The summed E-state index contributed by atoms with van der Waals surface area (Å²) in [5.41, 5.74) is 0. The van der Waals surface area contributed by atoms with Crippen LogP contribution in [0.15, 0.2) is 6.07 Å². The molecule has 0 saturated heterocycles. The summed E-state index contributed by atoms with van der Waals surface area (Å²) in [6.07, 6.45) is -0.0415. The van der Waals surface area contributed by atoms with Crippen molar-refractivity contribution in [2.45, 2.75) is 44.8 Å². The van der Waals surface area contributed by atoms with Crippen LogP contribution in [0, 0.1) is 5.92 Å². The molecule has 0 aromatic carbocycles. The molecule has 2 rings (SSSR count). The fraction of sp³-hybridized carbons (Fsp3) is 0.667. The van der Waals surface area contributed by atoms with Crippen LogP contribution < -0.4 is 5.32 Å². The molecule has 1 heterocycles. The first-order valence-corrected chi connectivity index (χ1v) is 6.62. The van der Waals surface area contributed by atoms with Crippen molar-refractivity contribution in [2.75, 3.05) is 5.32 Å². The third kappa shape index (κ3) is 3.72. The van der Waals surface area contributed by atoms with E-state index >= 15 is 0 Å². The molecule has 0 spiro atoms. The van der Waals surface area contributed by atoms with E-state index in [9.17, 15) is 13.2 Å². The van der Waals surface area contributed by atoms with Crippen LogP contribution in [-0.2, 0) is 6.18 Å². The van der Waals surface area contributed by atoms with Crippen molar-refractivity contribution in [3.8, 4) is 0 Å². The van der Waals surface area contributed by atoms with Crippen molar-refractivity contribution in [3.05, 3.63) is 17.0 Å². The van der Waals surface area contributed by atoms with Crippen LogP contribution in [0.1, 0.15) is 38.4 Å². The van der Waals surface area contributed by atoms with Gasteiger partial charge in [-0.15, -0.1) is 0 Å². The second-order valence-corrected chi connectivity index (χ2v) is 5.26. The molecule has 19 heavy (non-hydrogen) atoms. The largest absolute Gasteiger partial charge is 0.451 e. The van der Waals surface area contributed by atoms with E-state index < -0.39 is 12.0 Å². The van der Waals surface area contributed by atoms with E-state index in [0.717, 1.165) is 12.8 Å². The van der Waals surface area contributed by atoms with Gasteiger partial charge in [0.25, 0.3) is 0 Å². The predicted octanol–water partition coefficient (Wildman–Crippen LogP) is 4.14. The Morgan fingerprint density at radius 3 is 2.53 bits per heavy atom. The molecule has 3 nitrogen and oxygen atoms in total. The van der Waals surface area contributed by atoms with E-state index in [1.807, 2.05) is 6.92 Å². The average molecular weight is 294 g/mol. The molecule has 1 unspecified atom stereocenters. The smallest absolute Gasteiger partial charge is 0.367 e. The molecule has 7 heteroatoms. The van der Waals surface area contributed by atoms with Gasteiger partial charge in [-0.25, -0.2) is 9.97 Å². The topological polar surface area (TPSA) is 37.8 Å². The second-order valence-electron chi connectivity index (χ2n) is 4.87. The van der Waals surface area contributed by atoms with Gasteiger partial charge in [0.2, 0.25) is 5.82 Å². The number of alkyl halides is 3. The molecule has 1 aliphatic carbocycles. The predicted molar refractivity (Wildman–Crippen MR) is 67.1 cm³/mol. The monoisotopic (exact) mass is 293 g/mol. The van der Waals surface area contributed by atoms with Crippen molar-refractivity contribution in [1.82, 2.24) is 9.97 Å². The number of aromatic nitrogens is 2. The summed E-state index contributed by atoms with van der Waals surface area (Å²) in [5, 5.41) is 2.80. The van der Waals surface area contributed by atoms with Gasteiger partial charge in [0.15, 0.2) is 0 Å². The van der Waals surface area contributed by atoms with Crippen LogP contribution in [0.25, 0.3) is 0 Å². The van der Waals surface area contributed by atoms with Crippen LogP contribution in [0.4, 0.5) is 19.0 Å². The van der Waals surface area contributed by atoms with Gasteiger partial charge in [-0.2, -0.15) is 13.2 Å². The molecule has 0 amide bonds. The summed E-state index contributed by atoms with van der Waals surface area (Å²) < 4.78 is 37.7. The zero-order valence-corrected chi connectivity index (χ0v) is 11.2. The minimum atomic E-state index is -4.59. The quantitative estimate of drug-likeness (QED) is 0.851. The highest BCUT2D eigenvalue weighted by Gasteiger charge is 2.35. The van der Waals surface area contributed by atoms with Crippen LogP contribution in [-0.4, -0.2) is 16.0 Å². The minimum absolute atomic E-state index is 0.0783. The van der Waals surface area contributed by atoms with E-state index in [-0.39, 0.29) is 17.0 Å². The molecule has 1 fully saturated rings. The normalized spacial score (nSPS) is 18.6. The summed E-state index contributed by atoms with van der Waals surface area (Å²) in [6.45, 7) is 1.96. The van der Waals surface area contributed by atoms with Gasteiger partial charge in [0.05, 0.1) is 0 Å². The molecular formula is C12H15ClF3N3. The van der Waals surface area contributed by atoms with Crippen LogP contribution in [0.2, 0.25) is 5.15 Å². The summed E-state index contributed by atoms with van der Waals surface area (Å²) in [6, 6.07) is 1.40. The van der Waals surface area contributed by atoms with Gasteiger partial charge in [0, 0.05) is 12.1 Å². The lowest BCUT2D eigenvalue weighted by molar-refractivity contribution is -0.144. The lowest BCUT2D eigenvalue weighted by Crippen LogP contribution is -2.25. The van der Waals surface area contributed by atoms with Gasteiger partial charge in [-0.3, -0.25) is 0 Å². The van der Waals surface area contributed by atoms with Gasteiger partial charge in [-0.05, 0) is 25.7 Å². The maximum absolute atomic E-state index is 12.6. The Kier molecular flexibility index (Phi) is 4.18. The number of hydrogen-bond acceptors (Lipinski definition) is 3. The molecule has 0 aliphatic heterocycles. The standard InChI is InChI=1S/C12H15ClF3N3/c1-7(8-4-2-3-5-8)17-10-6-9(13)18-11(19-10)12(14,15)16/h6-8H,2-5H2,1H3,(H,17,18,19). The van der Waals surface area contributed by atoms with E-state index in [4.69, 9.17) is 11.6 Å². The molecule has 0 bridgehead atoms. The fourth-order valence-electron chi connectivity index (χ4n) is 2.43. The fourth-order valence-corrected chi connectivity index (χ4v) is 2.61. The lowest BCUT2D eigenvalue weighted by Gasteiger charge is -2.21. The first-order valence-electron chi connectivity index (χ1n) is 6.24. The molecule has 1 aromatic heterocycles. The highest BCUT2D eigenvalue weighted by atomic mass is 35.5. The Balaban J connectivity index is 2.13. The number of nitrogens with zero attached hydrogens (tertiary/aromatic N) is 2. The van der Waals surface area contributed by atoms with E-state index in [1.165, 1.54) is 18.9 Å². The van der Waals surface area contributed by atoms with Gasteiger partial charge < -0.3 is 5.32 Å². The Morgan fingerprint density at radius 2 is 1.95 bits per heavy atom. The number of halogens is 4. The Bertz CT molecular complexity index is 444. The molecule has 106 valence electrons. The Hall–Kier alpha value is -1.04. The van der Waals surface area contributed by atoms with Crippen molar-refractivity contribution in [2.24, 2.45) is 5.92 Å². The maximum Gasteiger partial charge on any atom is 0.451 e. The van der Waals surface area contributed by atoms with Crippen molar-refractivity contribution >= 4 is 17.4 Å². The first kappa shape index (κ1) is 14.4. The first-order chi connectivity index (χ1) is 8.86. The Labute approximate surface area is 114 Å². The van der Waals surface area contributed by atoms with Crippen LogP contribution >= 0.6 is 11.6 Å². The van der Waals surface area contributed by atoms with Gasteiger partial charge in [-0.1, -0.05) is 24.4 Å². The summed E-state index contributed by atoms with van der Waals surface area (Å²) in [4.78, 5) is 6.68. The van der Waals surface area contributed by atoms with Crippen LogP contribution in [0.3, 0.4) is 0 Å². The zero-order valence-electron chi connectivity index (χ0n) is 10.5. The van der Waals surface area contributed by atoms with Gasteiger partial charge >= 0.3 is 6.18 Å². The average Bonchev–Trinajstić information content (AvgIpc) is 2.80. The SMILES string of the molecule is CC(Nc1cc(Cl)nc(C(F)(F)F)n1)C1CCCC1. The lowest BCUT2D eigenvalue weighted by atomic mass is 10.00. The minimum Gasteiger partial charge on any atom is -0.367 e. The third-order valence-corrected chi connectivity index (χ3v) is 3.62. The molecule has 1 atom stereocenters. The van der Waals surface area contributed by atoms with Crippen molar-refractivity contribution < 1.29 is 13.2 Å². The molecule has 1 N–H and O–H groups in total.